The molecule has 0 aliphatic carbocycles. The number of rotatable bonds is 6. The van der Waals surface area contributed by atoms with Gasteiger partial charge in [0.05, 0.1) is 40.9 Å². The van der Waals surface area contributed by atoms with Gasteiger partial charge in [0.15, 0.2) is 0 Å². The number of halogens is 2. The van der Waals surface area contributed by atoms with Crippen LogP contribution in [0.3, 0.4) is 0 Å². The molecule has 32 heavy (non-hydrogen) atoms. The number of aromatic nitrogens is 4. The number of anilines is 3. The van der Waals surface area contributed by atoms with Gasteiger partial charge in [-0.3, -0.25) is 14.9 Å². The Labute approximate surface area is 185 Å². The molecule has 2 saturated heterocycles. The van der Waals surface area contributed by atoms with Crippen LogP contribution in [0.2, 0.25) is 0 Å². The normalized spacial score (nSPS) is 21.2. The third-order valence-corrected chi connectivity index (χ3v) is 5.84. The van der Waals surface area contributed by atoms with Crippen molar-refractivity contribution < 1.29 is 8.78 Å². The maximum Gasteiger partial charge on any atom is 0.227 e. The molecule has 0 amide bonds. The van der Waals surface area contributed by atoms with Gasteiger partial charge in [-0.15, -0.1) is 0 Å². The van der Waals surface area contributed by atoms with Gasteiger partial charge in [0.25, 0.3) is 0 Å². The van der Waals surface area contributed by atoms with E-state index in [0.29, 0.717) is 50.7 Å². The van der Waals surface area contributed by atoms with E-state index in [2.05, 4.69) is 30.2 Å². The number of hydrogen-bond donors (Lipinski definition) is 1. The molecule has 3 aromatic rings. The lowest BCUT2D eigenvalue weighted by Crippen LogP contribution is -2.20. The second-order valence-electron chi connectivity index (χ2n) is 8.28. The van der Waals surface area contributed by atoms with E-state index in [0.717, 1.165) is 29.3 Å². The molecule has 2 fully saturated rings. The summed E-state index contributed by atoms with van der Waals surface area (Å²) >= 11 is 0. The summed E-state index contributed by atoms with van der Waals surface area (Å²) in [7, 11) is 0. The maximum absolute atomic E-state index is 13.4. The van der Waals surface area contributed by atoms with Gasteiger partial charge in [-0.1, -0.05) is 0 Å². The van der Waals surface area contributed by atoms with E-state index in [1.54, 1.807) is 24.7 Å². The minimum Gasteiger partial charge on any atom is -0.367 e. The molecule has 7 nitrogen and oxygen atoms in total. The molecule has 2 atom stereocenters. The fourth-order valence-electron chi connectivity index (χ4n) is 4.12. The number of alkyl halides is 2. The first-order valence-corrected chi connectivity index (χ1v) is 10.9. The van der Waals surface area contributed by atoms with Gasteiger partial charge >= 0.3 is 0 Å². The minimum atomic E-state index is -0.767. The Bertz CT molecular complexity index is 1040. The lowest BCUT2D eigenvalue weighted by atomic mass is 10.2. The molecule has 2 aliphatic heterocycles. The van der Waals surface area contributed by atoms with Crippen molar-refractivity contribution in [1.29, 1.82) is 0 Å². The van der Waals surface area contributed by atoms with E-state index in [-0.39, 0.29) is 0 Å². The molecule has 9 heteroatoms. The average molecular weight is 437 g/mol. The first-order chi connectivity index (χ1) is 15.6. The molecule has 0 bridgehead atoms. The Hall–Kier alpha value is -3.20. The van der Waals surface area contributed by atoms with E-state index < -0.39 is 12.3 Å². The lowest BCUT2D eigenvalue weighted by molar-refractivity contribution is 0.280. The topological polar surface area (TPSA) is 70.1 Å². The average Bonchev–Trinajstić information content (AvgIpc) is 3.43. The highest BCUT2D eigenvalue weighted by Gasteiger charge is 2.23. The van der Waals surface area contributed by atoms with Gasteiger partial charge < -0.3 is 10.2 Å². The van der Waals surface area contributed by atoms with Crippen LogP contribution in [0.15, 0.2) is 48.9 Å². The molecule has 0 spiro atoms. The number of hydrogen-bond acceptors (Lipinski definition) is 7. The smallest absolute Gasteiger partial charge is 0.227 e. The summed E-state index contributed by atoms with van der Waals surface area (Å²) in [6.07, 6.45) is 4.84. The Morgan fingerprint density at radius 2 is 1.75 bits per heavy atom. The lowest BCUT2D eigenvalue weighted by Gasteiger charge is -2.17. The van der Waals surface area contributed by atoms with Crippen molar-refractivity contribution >= 4 is 17.3 Å². The summed E-state index contributed by atoms with van der Waals surface area (Å²) in [5.41, 5.74) is 4.01. The molecule has 5 heterocycles. The van der Waals surface area contributed by atoms with Crippen molar-refractivity contribution in [1.82, 2.24) is 24.8 Å². The fraction of sp³-hybridized carbons (Fsp3) is 0.391. The van der Waals surface area contributed by atoms with E-state index in [4.69, 9.17) is 0 Å². The van der Waals surface area contributed by atoms with E-state index in [1.807, 2.05) is 29.2 Å². The van der Waals surface area contributed by atoms with Gasteiger partial charge in [-0.05, 0) is 43.2 Å². The molecule has 0 aromatic carbocycles. The molecule has 0 radical (unpaired) electrons. The number of nitrogens with zero attached hydrogens (tertiary/aromatic N) is 6. The number of pyridine rings is 2. The second kappa shape index (κ2) is 9.12. The maximum atomic E-state index is 13.4. The third kappa shape index (κ3) is 4.83. The first kappa shape index (κ1) is 20.7. The first-order valence-electron chi connectivity index (χ1n) is 10.9. The van der Waals surface area contributed by atoms with E-state index >= 15 is 0 Å². The van der Waals surface area contributed by atoms with Crippen LogP contribution in [-0.2, 0) is 6.54 Å². The van der Waals surface area contributed by atoms with Gasteiger partial charge in [0.1, 0.15) is 12.3 Å². The SMILES string of the molecule is F[C@H]1CCN(Cc2ccc(Nc3nccc(-c4ccc(N5CC[C@H](F)C5)cn4)n3)cn2)C1. The zero-order chi connectivity index (χ0) is 21.9. The van der Waals surface area contributed by atoms with Crippen LogP contribution < -0.4 is 10.2 Å². The Morgan fingerprint density at radius 1 is 0.875 bits per heavy atom. The van der Waals surface area contributed by atoms with Crippen molar-refractivity contribution in [3.8, 4) is 11.4 Å². The van der Waals surface area contributed by atoms with Crippen molar-refractivity contribution in [2.45, 2.75) is 31.7 Å². The highest BCUT2D eigenvalue weighted by molar-refractivity contribution is 5.60. The largest absolute Gasteiger partial charge is 0.367 e. The highest BCUT2D eigenvalue weighted by Crippen LogP contribution is 2.24. The Kier molecular flexibility index (Phi) is 5.89. The molecule has 2 aliphatic rings. The monoisotopic (exact) mass is 437 g/mol. The summed E-state index contributed by atoms with van der Waals surface area (Å²) in [6.45, 7) is 3.03. The molecule has 0 unspecified atom stereocenters. The highest BCUT2D eigenvalue weighted by atomic mass is 19.1. The standard InChI is InChI=1S/C23H25F2N7/c24-16-6-9-31(13-16)15-19-2-1-18(11-27-19)29-23-26-8-5-22(30-23)21-4-3-20(12-28-21)32-10-7-17(25)14-32/h1-5,8,11-12,16-17H,6-7,9-10,13-15H2,(H,26,29,30)/t16-,17-/m0/s1. The molecular formula is C23H25F2N7. The predicted octanol–water partition coefficient (Wildman–Crippen LogP) is 3.77. The van der Waals surface area contributed by atoms with Crippen molar-refractivity contribution in [2.75, 3.05) is 36.4 Å². The quantitative estimate of drug-likeness (QED) is 0.630. The molecule has 5 rings (SSSR count). The second-order valence-corrected chi connectivity index (χ2v) is 8.28. The van der Waals surface area contributed by atoms with Crippen LogP contribution in [0.1, 0.15) is 18.5 Å². The molecule has 3 aromatic heterocycles. The summed E-state index contributed by atoms with van der Waals surface area (Å²) < 4.78 is 26.8. The van der Waals surface area contributed by atoms with E-state index in [1.165, 1.54) is 0 Å². The van der Waals surface area contributed by atoms with Crippen LogP contribution in [-0.4, -0.2) is 63.4 Å². The van der Waals surface area contributed by atoms with Crippen LogP contribution in [0.5, 0.6) is 0 Å². The van der Waals surface area contributed by atoms with Gasteiger partial charge in [-0.2, -0.15) is 0 Å². The fourth-order valence-corrected chi connectivity index (χ4v) is 4.12. The molecule has 0 saturated carbocycles. The zero-order valence-electron chi connectivity index (χ0n) is 17.7. The van der Waals surface area contributed by atoms with Gasteiger partial charge in [0.2, 0.25) is 5.95 Å². The minimum absolute atomic E-state index is 0.420. The van der Waals surface area contributed by atoms with Crippen molar-refractivity contribution in [2.24, 2.45) is 0 Å². The Balaban J connectivity index is 1.23. The zero-order valence-corrected chi connectivity index (χ0v) is 17.7. The summed E-state index contributed by atoms with van der Waals surface area (Å²) in [5.74, 6) is 0.447. The number of likely N-dealkylation sites (tertiary alicyclic amines) is 1. The van der Waals surface area contributed by atoms with Crippen LogP contribution >= 0.6 is 0 Å². The van der Waals surface area contributed by atoms with E-state index in [9.17, 15) is 8.78 Å². The van der Waals surface area contributed by atoms with Crippen molar-refractivity contribution in [3.63, 3.8) is 0 Å². The molecule has 1 N–H and O–H groups in total. The summed E-state index contributed by atoms with van der Waals surface area (Å²) in [4.78, 5) is 21.9. The number of nitrogens with one attached hydrogen (secondary N) is 1. The van der Waals surface area contributed by atoms with Gasteiger partial charge in [0, 0.05) is 38.9 Å². The van der Waals surface area contributed by atoms with Crippen molar-refractivity contribution in [3.05, 3.63) is 54.6 Å². The third-order valence-electron chi connectivity index (χ3n) is 5.84. The Morgan fingerprint density at radius 3 is 2.44 bits per heavy atom. The van der Waals surface area contributed by atoms with Crippen LogP contribution in [0, 0.1) is 0 Å². The molecular weight excluding hydrogens is 412 g/mol. The summed E-state index contributed by atoms with van der Waals surface area (Å²) in [6, 6.07) is 9.49. The van der Waals surface area contributed by atoms with Gasteiger partial charge in [-0.25, -0.2) is 18.7 Å². The predicted molar refractivity (Wildman–Crippen MR) is 119 cm³/mol. The van der Waals surface area contributed by atoms with Crippen LogP contribution in [0.4, 0.5) is 26.1 Å². The van der Waals surface area contributed by atoms with Crippen LogP contribution in [0.25, 0.3) is 11.4 Å². The molecule has 166 valence electrons. The summed E-state index contributed by atoms with van der Waals surface area (Å²) in [5, 5.41) is 3.17.